The summed E-state index contributed by atoms with van der Waals surface area (Å²) in [5, 5.41) is 9.64. The van der Waals surface area contributed by atoms with E-state index in [0.717, 1.165) is 25.8 Å². The van der Waals surface area contributed by atoms with Crippen molar-refractivity contribution in [2.24, 2.45) is 0 Å². The SMILES string of the molecule is CC(O)C1CCCCN1CCCOCC(F)(F)F. The summed E-state index contributed by atoms with van der Waals surface area (Å²) in [5.74, 6) is 0. The number of hydrogen-bond acceptors (Lipinski definition) is 3. The summed E-state index contributed by atoms with van der Waals surface area (Å²) >= 11 is 0. The van der Waals surface area contributed by atoms with E-state index in [-0.39, 0.29) is 18.8 Å². The Hall–Kier alpha value is -0.330. The number of halogens is 3. The zero-order valence-corrected chi connectivity index (χ0v) is 10.7. The van der Waals surface area contributed by atoms with Crippen molar-refractivity contribution in [3.63, 3.8) is 0 Å². The van der Waals surface area contributed by atoms with Crippen LogP contribution in [-0.2, 0) is 4.74 Å². The molecule has 18 heavy (non-hydrogen) atoms. The molecule has 1 N–H and O–H groups in total. The van der Waals surface area contributed by atoms with Crippen molar-refractivity contribution in [3.05, 3.63) is 0 Å². The maximum atomic E-state index is 11.8. The fourth-order valence-corrected chi connectivity index (χ4v) is 2.40. The molecule has 1 heterocycles. The zero-order chi connectivity index (χ0) is 13.6. The third-order valence-electron chi connectivity index (χ3n) is 3.22. The quantitative estimate of drug-likeness (QED) is 0.750. The first-order valence-corrected chi connectivity index (χ1v) is 6.47. The van der Waals surface area contributed by atoms with Gasteiger partial charge in [-0.2, -0.15) is 13.2 Å². The van der Waals surface area contributed by atoms with Gasteiger partial charge in [-0.3, -0.25) is 4.90 Å². The second-order valence-electron chi connectivity index (χ2n) is 4.86. The van der Waals surface area contributed by atoms with Crippen LogP contribution in [0.2, 0.25) is 0 Å². The molecule has 1 rings (SSSR count). The Labute approximate surface area is 106 Å². The molecule has 0 aromatic carbocycles. The molecular weight excluding hydrogens is 247 g/mol. The normalized spacial score (nSPS) is 24.2. The van der Waals surface area contributed by atoms with Crippen LogP contribution < -0.4 is 0 Å². The fraction of sp³-hybridized carbons (Fsp3) is 1.00. The summed E-state index contributed by atoms with van der Waals surface area (Å²) in [6, 6.07) is 0.140. The lowest BCUT2D eigenvalue weighted by atomic mass is 9.98. The second-order valence-corrected chi connectivity index (χ2v) is 4.86. The van der Waals surface area contributed by atoms with Crippen LogP contribution in [0.3, 0.4) is 0 Å². The summed E-state index contributed by atoms with van der Waals surface area (Å²) < 4.78 is 40.1. The number of alkyl halides is 3. The van der Waals surface area contributed by atoms with Crippen molar-refractivity contribution < 1.29 is 23.0 Å². The van der Waals surface area contributed by atoms with Crippen LogP contribution in [0.15, 0.2) is 0 Å². The number of aliphatic hydroxyl groups is 1. The molecule has 0 aliphatic carbocycles. The monoisotopic (exact) mass is 269 g/mol. The summed E-state index contributed by atoms with van der Waals surface area (Å²) in [6.07, 6.45) is -0.905. The van der Waals surface area contributed by atoms with Gasteiger partial charge in [0.15, 0.2) is 0 Å². The predicted octanol–water partition coefficient (Wildman–Crippen LogP) is 2.19. The standard InChI is InChI=1S/C12H22F3NO2/c1-10(17)11-5-2-3-6-16(11)7-4-8-18-9-12(13,14)15/h10-11,17H,2-9H2,1H3. The fourth-order valence-electron chi connectivity index (χ4n) is 2.40. The number of nitrogens with zero attached hydrogens (tertiary/aromatic N) is 1. The molecule has 0 saturated carbocycles. The van der Waals surface area contributed by atoms with Gasteiger partial charge in [-0.05, 0) is 32.7 Å². The lowest BCUT2D eigenvalue weighted by Gasteiger charge is -2.37. The number of rotatable bonds is 6. The number of piperidine rings is 1. The van der Waals surface area contributed by atoms with Crippen LogP contribution in [0, 0.1) is 0 Å². The van der Waals surface area contributed by atoms with Gasteiger partial charge < -0.3 is 9.84 Å². The highest BCUT2D eigenvalue weighted by atomic mass is 19.4. The van der Waals surface area contributed by atoms with Crippen molar-refractivity contribution in [1.29, 1.82) is 0 Å². The van der Waals surface area contributed by atoms with Crippen LogP contribution in [0.1, 0.15) is 32.6 Å². The highest BCUT2D eigenvalue weighted by molar-refractivity contribution is 4.80. The minimum Gasteiger partial charge on any atom is -0.392 e. The Bertz CT molecular complexity index is 234. The van der Waals surface area contributed by atoms with Gasteiger partial charge in [-0.25, -0.2) is 0 Å². The zero-order valence-electron chi connectivity index (χ0n) is 10.7. The minimum atomic E-state index is -4.24. The van der Waals surface area contributed by atoms with Crippen LogP contribution in [0.4, 0.5) is 13.2 Å². The van der Waals surface area contributed by atoms with Crippen LogP contribution in [-0.4, -0.2) is 54.6 Å². The second kappa shape index (κ2) is 7.31. The highest BCUT2D eigenvalue weighted by Gasteiger charge is 2.28. The van der Waals surface area contributed by atoms with Crippen molar-refractivity contribution in [2.45, 2.75) is 50.9 Å². The van der Waals surface area contributed by atoms with Crippen LogP contribution >= 0.6 is 0 Å². The Kier molecular flexibility index (Phi) is 6.38. The van der Waals surface area contributed by atoms with Gasteiger partial charge in [-0.15, -0.1) is 0 Å². The van der Waals surface area contributed by atoms with E-state index in [2.05, 4.69) is 9.64 Å². The molecule has 0 aromatic rings. The molecule has 108 valence electrons. The lowest BCUT2D eigenvalue weighted by molar-refractivity contribution is -0.174. The average Bonchev–Trinajstić information content (AvgIpc) is 2.27. The van der Waals surface area contributed by atoms with Crippen LogP contribution in [0.5, 0.6) is 0 Å². The van der Waals surface area contributed by atoms with E-state index < -0.39 is 12.8 Å². The molecule has 1 aliphatic heterocycles. The Balaban J connectivity index is 2.17. The van der Waals surface area contributed by atoms with E-state index in [4.69, 9.17) is 0 Å². The molecule has 0 bridgehead atoms. The largest absolute Gasteiger partial charge is 0.411 e. The molecule has 0 aromatic heterocycles. The maximum Gasteiger partial charge on any atom is 0.411 e. The number of hydrogen-bond donors (Lipinski definition) is 1. The van der Waals surface area contributed by atoms with Gasteiger partial charge in [0.05, 0.1) is 6.10 Å². The molecule has 1 fully saturated rings. The average molecular weight is 269 g/mol. The molecule has 6 heteroatoms. The topological polar surface area (TPSA) is 32.7 Å². The van der Waals surface area contributed by atoms with Gasteiger partial charge >= 0.3 is 6.18 Å². The van der Waals surface area contributed by atoms with E-state index in [1.165, 1.54) is 0 Å². The van der Waals surface area contributed by atoms with E-state index >= 15 is 0 Å². The van der Waals surface area contributed by atoms with E-state index in [0.29, 0.717) is 13.0 Å². The number of ether oxygens (including phenoxy) is 1. The van der Waals surface area contributed by atoms with Gasteiger partial charge in [0.2, 0.25) is 0 Å². The highest BCUT2D eigenvalue weighted by Crippen LogP contribution is 2.20. The third-order valence-corrected chi connectivity index (χ3v) is 3.22. The Morgan fingerprint density at radius 2 is 2.11 bits per heavy atom. The molecule has 2 atom stereocenters. The van der Waals surface area contributed by atoms with Gasteiger partial charge in [0.1, 0.15) is 6.61 Å². The third kappa shape index (κ3) is 6.02. The van der Waals surface area contributed by atoms with Gasteiger partial charge in [0, 0.05) is 19.2 Å². The molecule has 3 nitrogen and oxygen atoms in total. The molecule has 1 saturated heterocycles. The van der Waals surface area contributed by atoms with Gasteiger partial charge in [0.25, 0.3) is 0 Å². The van der Waals surface area contributed by atoms with Crippen molar-refractivity contribution in [2.75, 3.05) is 26.3 Å². The summed E-state index contributed by atoms with van der Waals surface area (Å²) in [6.45, 7) is 2.31. The Morgan fingerprint density at radius 1 is 1.39 bits per heavy atom. The molecule has 1 aliphatic rings. The van der Waals surface area contributed by atoms with E-state index in [1.807, 2.05) is 0 Å². The van der Waals surface area contributed by atoms with Crippen molar-refractivity contribution in [1.82, 2.24) is 4.90 Å². The molecule has 0 spiro atoms. The van der Waals surface area contributed by atoms with Crippen molar-refractivity contribution >= 4 is 0 Å². The predicted molar refractivity (Wildman–Crippen MR) is 62.4 cm³/mol. The molecule has 0 amide bonds. The minimum absolute atomic E-state index is 0.114. The maximum absolute atomic E-state index is 11.8. The summed E-state index contributed by atoms with van der Waals surface area (Å²) in [5.41, 5.74) is 0. The van der Waals surface area contributed by atoms with Crippen molar-refractivity contribution in [3.8, 4) is 0 Å². The summed E-state index contributed by atoms with van der Waals surface area (Å²) in [7, 11) is 0. The molecule has 0 radical (unpaired) electrons. The first kappa shape index (κ1) is 15.7. The summed E-state index contributed by atoms with van der Waals surface area (Å²) in [4.78, 5) is 2.16. The molecule has 2 unspecified atom stereocenters. The van der Waals surface area contributed by atoms with Gasteiger partial charge in [-0.1, -0.05) is 6.42 Å². The van der Waals surface area contributed by atoms with Crippen LogP contribution in [0.25, 0.3) is 0 Å². The molecular formula is C12H22F3NO2. The lowest BCUT2D eigenvalue weighted by Crippen LogP contribution is -2.46. The number of likely N-dealkylation sites (tertiary alicyclic amines) is 1. The smallest absolute Gasteiger partial charge is 0.392 e. The number of aliphatic hydroxyl groups excluding tert-OH is 1. The first-order valence-electron chi connectivity index (χ1n) is 6.47. The Morgan fingerprint density at radius 3 is 2.72 bits per heavy atom. The van der Waals surface area contributed by atoms with E-state index in [1.54, 1.807) is 6.92 Å². The first-order chi connectivity index (χ1) is 8.40. The van der Waals surface area contributed by atoms with E-state index in [9.17, 15) is 18.3 Å².